The summed E-state index contributed by atoms with van der Waals surface area (Å²) >= 11 is 0. The molecule has 1 rings (SSSR count). The predicted molar refractivity (Wildman–Crippen MR) is 73.0 cm³/mol. The second-order valence-corrected chi connectivity index (χ2v) is 4.55. The van der Waals surface area contributed by atoms with Crippen LogP contribution in [0.5, 0.6) is 0 Å². The molecular weight excluding hydrogens is 210 g/mol. The van der Waals surface area contributed by atoms with Crippen LogP contribution in [0.1, 0.15) is 31.7 Å². The molecule has 1 aromatic heterocycles. The van der Waals surface area contributed by atoms with E-state index in [1.54, 1.807) is 0 Å². The van der Waals surface area contributed by atoms with Crippen LogP contribution >= 0.6 is 0 Å². The Morgan fingerprint density at radius 1 is 1.29 bits per heavy atom. The van der Waals surface area contributed by atoms with E-state index in [1.165, 1.54) is 31.4 Å². The van der Waals surface area contributed by atoms with Crippen LogP contribution in [0.3, 0.4) is 0 Å². The lowest BCUT2D eigenvalue weighted by molar-refractivity contribution is 0.323. The molecule has 3 heteroatoms. The van der Waals surface area contributed by atoms with Gasteiger partial charge in [0, 0.05) is 32.0 Å². The number of unbranched alkanes of at least 4 members (excludes halogenated alkanes) is 2. The summed E-state index contributed by atoms with van der Waals surface area (Å²) in [6.07, 6.45) is 7.68. The van der Waals surface area contributed by atoms with Gasteiger partial charge in [-0.3, -0.25) is 4.98 Å². The molecule has 0 aromatic carbocycles. The quantitative estimate of drug-likeness (QED) is 0.666. The average molecular weight is 235 g/mol. The third-order valence-corrected chi connectivity index (χ3v) is 2.87. The number of rotatable bonds is 9. The molecule has 96 valence electrons. The van der Waals surface area contributed by atoms with E-state index in [-0.39, 0.29) is 0 Å². The fourth-order valence-electron chi connectivity index (χ4n) is 1.75. The Kier molecular flexibility index (Phi) is 7.60. The van der Waals surface area contributed by atoms with E-state index >= 15 is 0 Å². The van der Waals surface area contributed by atoms with Crippen LogP contribution in [0.25, 0.3) is 0 Å². The monoisotopic (exact) mass is 235 g/mol. The van der Waals surface area contributed by atoms with E-state index < -0.39 is 0 Å². The van der Waals surface area contributed by atoms with Crippen LogP contribution < -0.4 is 5.32 Å². The van der Waals surface area contributed by atoms with E-state index in [2.05, 4.69) is 35.2 Å². The Balaban J connectivity index is 2.00. The number of hydrogen-bond acceptors (Lipinski definition) is 3. The van der Waals surface area contributed by atoms with Crippen molar-refractivity contribution in [2.45, 2.75) is 32.7 Å². The van der Waals surface area contributed by atoms with Crippen molar-refractivity contribution >= 4 is 0 Å². The fraction of sp³-hybridized carbons (Fsp3) is 0.643. The van der Waals surface area contributed by atoms with Gasteiger partial charge in [-0.15, -0.1) is 0 Å². The van der Waals surface area contributed by atoms with E-state index in [0.29, 0.717) is 0 Å². The van der Waals surface area contributed by atoms with Crippen molar-refractivity contribution in [2.75, 3.05) is 26.7 Å². The summed E-state index contributed by atoms with van der Waals surface area (Å²) in [4.78, 5) is 6.49. The van der Waals surface area contributed by atoms with Gasteiger partial charge in [0.15, 0.2) is 0 Å². The summed E-state index contributed by atoms with van der Waals surface area (Å²) in [7, 11) is 2.20. The lowest BCUT2D eigenvalue weighted by atomic mass is 10.2. The molecule has 1 N–H and O–H groups in total. The highest BCUT2D eigenvalue weighted by Gasteiger charge is 1.97. The first kappa shape index (κ1) is 14.1. The molecule has 17 heavy (non-hydrogen) atoms. The maximum absolute atomic E-state index is 4.10. The van der Waals surface area contributed by atoms with E-state index in [4.69, 9.17) is 0 Å². The summed E-state index contributed by atoms with van der Waals surface area (Å²) in [6, 6.07) is 4.08. The Morgan fingerprint density at radius 2 is 2.18 bits per heavy atom. The van der Waals surface area contributed by atoms with Gasteiger partial charge in [0.1, 0.15) is 0 Å². The normalized spacial score (nSPS) is 11.0. The standard InChI is InChI=1S/C14H25N3/c1-3-4-5-10-17(2)11-9-16-13-14-7-6-8-15-12-14/h6-8,12,16H,3-5,9-11,13H2,1-2H3. The van der Waals surface area contributed by atoms with E-state index in [0.717, 1.165) is 19.6 Å². The van der Waals surface area contributed by atoms with Crippen molar-refractivity contribution < 1.29 is 0 Å². The average Bonchev–Trinajstić information content (AvgIpc) is 2.36. The van der Waals surface area contributed by atoms with Crippen molar-refractivity contribution in [1.82, 2.24) is 15.2 Å². The highest BCUT2D eigenvalue weighted by Crippen LogP contribution is 1.96. The minimum Gasteiger partial charge on any atom is -0.311 e. The molecule has 3 nitrogen and oxygen atoms in total. The SMILES string of the molecule is CCCCCN(C)CCNCc1cccnc1. The van der Waals surface area contributed by atoms with Crippen molar-refractivity contribution in [2.24, 2.45) is 0 Å². The molecule has 0 aliphatic carbocycles. The molecule has 0 fully saturated rings. The lowest BCUT2D eigenvalue weighted by Gasteiger charge is -2.16. The smallest absolute Gasteiger partial charge is 0.0312 e. The van der Waals surface area contributed by atoms with Gasteiger partial charge in [0.25, 0.3) is 0 Å². The summed E-state index contributed by atoms with van der Waals surface area (Å²) in [5.41, 5.74) is 1.25. The van der Waals surface area contributed by atoms with Crippen molar-refractivity contribution in [3.8, 4) is 0 Å². The molecule has 0 aliphatic rings. The lowest BCUT2D eigenvalue weighted by Crippen LogP contribution is -2.29. The van der Waals surface area contributed by atoms with Gasteiger partial charge in [-0.1, -0.05) is 25.8 Å². The topological polar surface area (TPSA) is 28.2 Å². The van der Waals surface area contributed by atoms with E-state index in [1.807, 2.05) is 18.5 Å². The van der Waals surface area contributed by atoms with Crippen LogP contribution in [0, 0.1) is 0 Å². The first-order chi connectivity index (χ1) is 8.33. The maximum atomic E-state index is 4.10. The minimum absolute atomic E-state index is 0.913. The highest BCUT2D eigenvalue weighted by atomic mass is 15.1. The van der Waals surface area contributed by atoms with Crippen molar-refractivity contribution in [3.63, 3.8) is 0 Å². The van der Waals surface area contributed by atoms with Crippen LogP contribution in [0.4, 0.5) is 0 Å². The van der Waals surface area contributed by atoms with Gasteiger partial charge in [-0.2, -0.15) is 0 Å². The van der Waals surface area contributed by atoms with Gasteiger partial charge < -0.3 is 10.2 Å². The maximum Gasteiger partial charge on any atom is 0.0312 e. The third kappa shape index (κ3) is 7.08. The molecule has 0 amide bonds. The highest BCUT2D eigenvalue weighted by molar-refractivity contribution is 5.07. The van der Waals surface area contributed by atoms with Crippen LogP contribution in [-0.2, 0) is 6.54 Å². The second kappa shape index (κ2) is 9.14. The number of likely N-dealkylation sites (N-methyl/N-ethyl adjacent to an activating group) is 1. The molecule has 0 radical (unpaired) electrons. The molecule has 0 bridgehead atoms. The Morgan fingerprint density at radius 3 is 2.88 bits per heavy atom. The van der Waals surface area contributed by atoms with Gasteiger partial charge >= 0.3 is 0 Å². The summed E-state index contributed by atoms with van der Waals surface area (Å²) in [6.45, 7) is 6.52. The van der Waals surface area contributed by atoms with E-state index in [9.17, 15) is 0 Å². The number of pyridine rings is 1. The molecule has 1 aromatic rings. The predicted octanol–water partition coefficient (Wildman–Crippen LogP) is 2.29. The zero-order valence-electron chi connectivity index (χ0n) is 11.2. The summed E-state index contributed by atoms with van der Waals surface area (Å²) in [5, 5.41) is 3.44. The van der Waals surface area contributed by atoms with Crippen LogP contribution in [-0.4, -0.2) is 36.6 Å². The molecule has 0 aliphatic heterocycles. The molecule has 0 saturated carbocycles. The molecule has 1 heterocycles. The molecular formula is C14H25N3. The molecule has 0 unspecified atom stereocenters. The van der Waals surface area contributed by atoms with Gasteiger partial charge in [-0.05, 0) is 31.6 Å². The van der Waals surface area contributed by atoms with Crippen molar-refractivity contribution in [1.29, 1.82) is 0 Å². The first-order valence-electron chi connectivity index (χ1n) is 6.61. The molecule has 0 spiro atoms. The summed E-state index contributed by atoms with van der Waals surface area (Å²) < 4.78 is 0. The Hall–Kier alpha value is -0.930. The minimum atomic E-state index is 0.913. The van der Waals surface area contributed by atoms with Gasteiger partial charge in [0.05, 0.1) is 0 Å². The molecule has 0 saturated heterocycles. The molecule has 0 atom stereocenters. The Labute approximate surface area is 105 Å². The first-order valence-corrected chi connectivity index (χ1v) is 6.61. The van der Waals surface area contributed by atoms with Gasteiger partial charge in [0.2, 0.25) is 0 Å². The largest absolute Gasteiger partial charge is 0.311 e. The number of aromatic nitrogens is 1. The van der Waals surface area contributed by atoms with Crippen LogP contribution in [0.2, 0.25) is 0 Å². The Bertz CT molecular complexity index is 274. The van der Waals surface area contributed by atoms with Crippen LogP contribution in [0.15, 0.2) is 24.5 Å². The number of hydrogen-bond donors (Lipinski definition) is 1. The zero-order valence-corrected chi connectivity index (χ0v) is 11.2. The number of nitrogens with one attached hydrogen (secondary N) is 1. The third-order valence-electron chi connectivity index (χ3n) is 2.87. The second-order valence-electron chi connectivity index (χ2n) is 4.55. The number of nitrogens with zero attached hydrogens (tertiary/aromatic N) is 2. The summed E-state index contributed by atoms with van der Waals surface area (Å²) in [5.74, 6) is 0. The fourth-order valence-corrected chi connectivity index (χ4v) is 1.75. The van der Waals surface area contributed by atoms with Gasteiger partial charge in [-0.25, -0.2) is 0 Å². The van der Waals surface area contributed by atoms with Crippen molar-refractivity contribution in [3.05, 3.63) is 30.1 Å². The zero-order chi connectivity index (χ0) is 12.3.